The Kier molecular flexibility index (Phi) is 2.64. The van der Waals surface area contributed by atoms with Crippen molar-refractivity contribution in [2.45, 2.75) is 26.3 Å². The molecule has 12 heavy (non-hydrogen) atoms. The van der Waals surface area contributed by atoms with Gasteiger partial charge in [-0.3, -0.25) is 4.99 Å². The first-order valence-electron chi connectivity index (χ1n) is 4.15. The van der Waals surface area contributed by atoms with Crippen molar-refractivity contribution in [3.05, 3.63) is 35.5 Å². The smallest absolute Gasteiger partial charge is 0.0778 e. The van der Waals surface area contributed by atoms with Crippen LogP contribution in [0.5, 0.6) is 0 Å². The molecule has 1 rings (SSSR count). The van der Waals surface area contributed by atoms with E-state index in [-0.39, 0.29) is 6.04 Å². The molecule has 1 atom stereocenters. The third kappa shape index (κ3) is 1.55. The fraction of sp³-hybridized carbons (Fsp3) is 0.364. The molecule has 0 aromatic rings. The molecule has 64 valence electrons. The van der Waals surface area contributed by atoms with Gasteiger partial charge in [0.15, 0.2) is 0 Å². The molecule has 1 nitrogen and oxygen atoms in total. The summed E-state index contributed by atoms with van der Waals surface area (Å²) in [5, 5.41) is 0. The van der Waals surface area contributed by atoms with Gasteiger partial charge in [0.2, 0.25) is 0 Å². The topological polar surface area (TPSA) is 12.4 Å². The lowest BCUT2D eigenvalue weighted by Gasteiger charge is -2.20. The fourth-order valence-corrected chi connectivity index (χ4v) is 1.40. The molecule has 1 aliphatic rings. The highest BCUT2D eigenvalue weighted by Crippen LogP contribution is 2.26. The van der Waals surface area contributed by atoms with Gasteiger partial charge in [-0.1, -0.05) is 29.9 Å². The van der Waals surface area contributed by atoms with Crippen molar-refractivity contribution in [2.75, 3.05) is 0 Å². The van der Waals surface area contributed by atoms with E-state index in [4.69, 9.17) is 0 Å². The zero-order valence-electron chi connectivity index (χ0n) is 7.80. The quantitative estimate of drug-likeness (QED) is 0.552. The number of hydrogen-bond acceptors (Lipinski definition) is 1. The molecule has 0 radical (unpaired) electrons. The Labute approximate surface area is 74.2 Å². The third-order valence-corrected chi connectivity index (χ3v) is 2.40. The highest BCUT2D eigenvalue weighted by atomic mass is 14.7. The summed E-state index contributed by atoms with van der Waals surface area (Å²) in [6, 6.07) is 0.228. The summed E-state index contributed by atoms with van der Waals surface area (Å²) in [5.41, 5.74) is 3.93. The number of aliphatic imine (C=N–C) groups is 1. The van der Waals surface area contributed by atoms with Crippen LogP contribution in [0, 0.1) is 0 Å². The zero-order valence-corrected chi connectivity index (χ0v) is 7.80. The molecule has 0 aromatic carbocycles. The SMILES string of the molecule is C=CC1=CC(C)=C(C)CC1N=C. The first-order valence-corrected chi connectivity index (χ1v) is 4.15. The van der Waals surface area contributed by atoms with E-state index in [0.29, 0.717) is 0 Å². The summed E-state index contributed by atoms with van der Waals surface area (Å²) < 4.78 is 0. The summed E-state index contributed by atoms with van der Waals surface area (Å²) in [7, 11) is 0. The second-order valence-corrected chi connectivity index (χ2v) is 3.21. The molecule has 0 saturated heterocycles. The maximum atomic E-state index is 4.06. The monoisotopic (exact) mass is 161 g/mol. The summed E-state index contributed by atoms with van der Waals surface area (Å²) >= 11 is 0. The highest BCUT2D eigenvalue weighted by Gasteiger charge is 2.15. The van der Waals surface area contributed by atoms with Crippen LogP contribution in [0.3, 0.4) is 0 Å². The van der Waals surface area contributed by atoms with Gasteiger partial charge < -0.3 is 0 Å². The van der Waals surface area contributed by atoms with Crippen molar-refractivity contribution in [3.63, 3.8) is 0 Å². The summed E-state index contributed by atoms with van der Waals surface area (Å²) in [6.07, 6.45) is 5.01. The molecular weight excluding hydrogens is 146 g/mol. The molecule has 0 N–H and O–H groups in total. The predicted octanol–water partition coefficient (Wildman–Crippen LogP) is 2.91. The van der Waals surface area contributed by atoms with Gasteiger partial charge in [0.05, 0.1) is 6.04 Å². The van der Waals surface area contributed by atoms with E-state index in [1.807, 2.05) is 6.08 Å². The van der Waals surface area contributed by atoms with E-state index in [0.717, 1.165) is 6.42 Å². The number of hydrogen-bond donors (Lipinski definition) is 0. The normalized spacial score (nSPS) is 23.5. The van der Waals surface area contributed by atoms with Crippen LogP contribution in [-0.4, -0.2) is 12.8 Å². The lowest BCUT2D eigenvalue weighted by Crippen LogP contribution is -2.11. The van der Waals surface area contributed by atoms with Crippen molar-refractivity contribution in [1.82, 2.24) is 0 Å². The van der Waals surface area contributed by atoms with Gasteiger partial charge in [0.25, 0.3) is 0 Å². The van der Waals surface area contributed by atoms with E-state index >= 15 is 0 Å². The second-order valence-electron chi connectivity index (χ2n) is 3.21. The largest absolute Gasteiger partial charge is 0.293 e. The van der Waals surface area contributed by atoms with E-state index in [1.165, 1.54) is 16.7 Å². The lowest BCUT2D eigenvalue weighted by atomic mass is 9.90. The molecule has 0 bridgehead atoms. The molecule has 0 amide bonds. The Morgan fingerprint density at radius 2 is 2.25 bits per heavy atom. The van der Waals surface area contributed by atoms with Gasteiger partial charge in [-0.05, 0) is 32.6 Å². The van der Waals surface area contributed by atoms with Crippen molar-refractivity contribution in [2.24, 2.45) is 4.99 Å². The van der Waals surface area contributed by atoms with Crippen LogP contribution < -0.4 is 0 Å². The molecule has 0 fully saturated rings. The Bertz CT molecular complexity index is 269. The molecule has 0 spiro atoms. The van der Waals surface area contributed by atoms with Crippen molar-refractivity contribution in [1.29, 1.82) is 0 Å². The number of nitrogens with zero attached hydrogens (tertiary/aromatic N) is 1. The zero-order chi connectivity index (χ0) is 9.14. The number of allylic oxidation sites excluding steroid dienone is 2. The van der Waals surface area contributed by atoms with Gasteiger partial charge in [-0.15, -0.1) is 0 Å². The molecule has 1 heteroatoms. The van der Waals surface area contributed by atoms with E-state index in [1.54, 1.807) is 0 Å². The first kappa shape index (κ1) is 8.98. The van der Waals surface area contributed by atoms with Crippen LogP contribution in [0.25, 0.3) is 0 Å². The summed E-state index contributed by atoms with van der Waals surface area (Å²) in [4.78, 5) is 4.06. The molecule has 0 saturated carbocycles. The first-order chi connectivity index (χ1) is 5.69. The van der Waals surface area contributed by atoms with Crippen LogP contribution >= 0.6 is 0 Å². The summed E-state index contributed by atoms with van der Waals surface area (Å²) in [5.74, 6) is 0. The maximum absolute atomic E-state index is 4.06. The van der Waals surface area contributed by atoms with Crippen LogP contribution in [-0.2, 0) is 0 Å². The lowest BCUT2D eigenvalue weighted by molar-refractivity contribution is 0.760. The van der Waals surface area contributed by atoms with E-state index in [2.05, 4.69) is 38.2 Å². The fourth-order valence-electron chi connectivity index (χ4n) is 1.40. The second kappa shape index (κ2) is 3.53. The highest BCUT2D eigenvalue weighted by molar-refractivity contribution is 5.42. The minimum absolute atomic E-state index is 0.228. The van der Waals surface area contributed by atoms with Crippen LogP contribution in [0.2, 0.25) is 0 Å². The Hall–Kier alpha value is -1.11. The third-order valence-electron chi connectivity index (χ3n) is 2.40. The molecule has 1 unspecified atom stereocenters. The van der Waals surface area contributed by atoms with Crippen molar-refractivity contribution >= 4 is 6.72 Å². The maximum Gasteiger partial charge on any atom is 0.0778 e. The van der Waals surface area contributed by atoms with E-state index in [9.17, 15) is 0 Å². The van der Waals surface area contributed by atoms with Crippen LogP contribution in [0.15, 0.2) is 40.4 Å². The predicted molar refractivity (Wildman–Crippen MR) is 54.6 cm³/mol. The average molecular weight is 161 g/mol. The average Bonchev–Trinajstić information content (AvgIpc) is 2.09. The van der Waals surface area contributed by atoms with Crippen molar-refractivity contribution in [3.8, 4) is 0 Å². The van der Waals surface area contributed by atoms with Crippen LogP contribution in [0.1, 0.15) is 20.3 Å². The molecule has 0 heterocycles. The van der Waals surface area contributed by atoms with Crippen LogP contribution in [0.4, 0.5) is 0 Å². The molecule has 0 aliphatic heterocycles. The molecule has 0 aromatic heterocycles. The van der Waals surface area contributed by atoms with Gasteiger partial charge in [-0.2, -0.15) is 0 Å². The minimum atomic E-state index is 0.228. The standard InChI is InChI=1S/C11H15N/c1-5-10-6-8(2)9(3)7-11(10)12-4/h5-6,11H,1,4,7H2,2-3H3. The van der Waals surface area contributed by atoms with Gasteiger partial charge in [0.1, 0.15) is 0 Å². The summed E-state index contributed by atoms with van der Waals surface area (Å²) in [6.45, 7) is 11.6. The Morgan fingerprint density at radius 1 is 1.58 bits per heavy atom. The van der Waals surface area contributed by atoms with Gasteiger partial charge in [0, 0.05) is 0 Å². The minimum Gasteiger partial charge on any atom is -0.293 e. The molecule has 1 aliphatic carbocycles. The van der Waals surface area contributed by atoms with Crippen molar-refractivity contribution < 1.29 is 0 Å². The van der Waals surface area contributed by atoms with E-state index < -0.39 is 0 Å². The Morgan fingerprint density at radius 3 is 2.75 bits per heavy atom. The number of rotatable bonds is 2. The Balaban J connectivity index is 3.00. The molecular formula is C11H15N. The van der Waals surface area contributed by atoms with Gasteiger partial charge >= 0.3 is 0 Å². The van der Waals surface area contributed by atoms with Gasteiger partial charge in [-0.25, -0.2) is 0 Å².